The molecule has 0 bridgehead atoms. The minimum absolute atomic E-state index is 0.0336. The molecule has 1 saturated heterocycles. The van der Waals surface area contributed by atoms with Crippen LogP contribution in [0.3, 0.4) is 0 Å². The molecule has 2 heterocycles. The smallest absolute Gasteiger partial charge is 0.229 e. The summed E-state index contributed by atoms with van der Waals surface area (Å²) in [5, 5.41) is 3.04. The van der Waals surface area contributed by atoms with E-state index in [2.05, 4.69) is 39.2 Å². The number of piperidine rings is 1. The van der Waals surface area contributed by atoms with Crippen LogP contribution in [0.4, 0.5) is 11.6 Å². The minimum atomic E-state index is -0.0336. The zero-order chi connectivity index (χ0) is 16.9. The summed E-state index contributed by atoms with van der Waals surface area (Å²) in [4.78, 5) is 23.5. The van der Waals surface area contributed by atoms with E-state index in [1.54, 1.807) is 6.20 Å². The molecule has 126 valence electrons. The summed E-state index contributed by atoms with van der Waals surface area (Å²) in [6.07, 6.45) is 4.66. The highest BCUT2D eigenvalue weighted by Crippen LogP contribution is 2.22. The third-order valence-corrected chi connectivity index (χ3v) is 4.49. The largest absolute Gasteiger partial charge is 0.340 e. The van der Waals surface area contributed by atoms with Crippen LogP contribution in [0.1, 0.15) is 31.0 Å². The SMILES string of the molecule is CCc1ccc(NC(=O)C2CCCN(c3nccc(C)n3)C2)cc1. The van der Waals surface area contributed by atoms with Gasteiger partial charge in [-0.25, -0.2) is 9.97 Å². The average molecular weight is 324 g/mol. The van der Waals surface area contributed by atoms with Crippen LogP contribution in [0.2, 0.25) is 0 Å². The van der Waals surface area contributed by atoms with Crippen LogP contribution in [0.15, 0.2) is 36.5 Å². The highest BCUT2D eigenvalue weighted by atomic mass is 16.1. The molecule has 1 aromatic carbocycles. The Kier molecular flexibility index (Phi) is 5.08. The maximum atomic E-state index is 12.6. The van der Waals surface area contributed by atoms with E-state index in [0.717, 1.165) is 43.1 Å². The number of carbonyl (C=O) groups excluding carboxylic acids is 1. The van der Waals surface area contributed by atoms with E-state index < -0.39 is 0 Å². The van der Waals surface area contributed by atoms with Crippen molar-refractivity contribution < 1.29 is 4.79 Å². The first-order chi connectivity index (χ1) is 11.7. The van der Waals surface area contributed by atoms with E-state index in [1.807, 2.05) is 25.1 Å². The van der Waals surface area contributed by atoms with Crippen molar-refractivity contribution in [3.8, 4) is 0 Å². The summed E-state index contributed by atoms with van der Waals surface area (Å²) >= 11 is 0. The summed E-state index contributed by atoms with van der Waals surface area (Å²) in [5.74, 6) is 0.769. The van der Waals surface area contributed by atoms with Crippen molar-refractivity contribution in [2.45, 2.75) is 33.1 Å². The van der Waals surface area contributed by atoms with Gasteiger partial charge in [0.05, 0.1) is 5.92 Å². The van der Waals surface area contributed by atoms with Crippen LogP contribution in [-0.4, -0.2) is 29.0 Å². The molecule has 2 aromatic rings. The number of amides is 1. The lowest BCUT2D eigenvalue weighted by atomic mass is 9.97. The molecule has 1 amide bonds. The number of nitrogens with zero attached hydrogens (tertiary/aromatic N) is 3. The second-order valence-corrected chi connectivity index (χ2v) is 6.32. The van der Waals surface area contributed by atoms with Crippen molar-refractivity contribution in [2.75, 3.05) is 23.3 Å². The lowest BCUT2D eigenvalue weighted by Crippen LogP contribution is -2.41. The standard InChI is InChI=1S/C19H24N4O/c1-3-15-6-8-17(9-7-15)22-18(24)16-5-4-12-23(13-16)19-20-11-10-14(2)21-19/h6-11,16H,3-5,12-13H2,1-2H3,(H,22,24). The molecule has 1 fully saturated rings. The van der Waals surface area contributed by atoms with Gasteiger partial charge in [-0.1, -0.05) is 19.1 Å². The topological polar surface area (TPSA) is 58.1 Å². The lowest BCUT2D eigenvalue weighted by molar-refractivity contribution is -0.120. The number of benzene rings is 1. The summed E-state index contributed by atoms with van der Waals surface area (Å²) in [6.45, 7) is 5.65. The molecule has 1 aliphatic heterocycles. The summed E-state index contributed by atoms with van der Waals surface area (Å²) in [6, 6.07) is 9.95. The Morgan fingerprint density at radius 3 is 2.79 bits per heavy atom. The molecule has 5 heteroatoms. The van der Waals surface area contributed by atoms with Gasteiger partial charge in [0.25, 0.3) is 0 Å². The number of hydrogen-bond acceptors (Lipinski definition) is 4. The zero-order valence-corrected chi connectivity index (χ0v) is 14.3. The summed E-state index contributed by atoms with van der Waals surface area (Å²) in [7, 11) is 0. The highest BCUT2D eigenvalue weighted by molar-refractivity contribution is 5.93. The van der Waals surface area contributed by atoms with Crippen molar-refractivity contribution in [2.24, 2.45) is 5.92 Å². The number of rotatable bonds is 4. The molecule has 0 spiro atoms. The predicted molar refractivity (Wildman–Crippen MR) is 96.2 cm³/mol. The molecule has 1 aromatic heterocycles. The van der Waals surface area contributed by atoms with Crippen LogP contribution in [-0.2, 0) is 11.2 Å². The Labute approximate surface area is 143 Å². The maximum absolute atomic E-state index is 12.6. The Hall–Kier alpha value is -2.43. The van der Waals surface area contributed by atoms with Crippen LogP contribution < -0.4 is 10.2 Å². The normalized spacial score (nSPS) is 17.6. The quantitative estimate of drug-likeness (QED) is 0.938. The van der Waals surface area contributed by atoms with Gasteiger partial charge < -0.3 is 10.2 Å². The molecule has 1 atom stereocenters. The molecule has 1 N–H and O–H groups in total. The van der Waals surface area contributed by atoms with Gasteiger partial charge in [-0.05, 0) is 49.9 Å². The predicted octanol–water partition coefficient (Wildman–Crippen LogP) is 3.20. The molecule has 0 radical (unpaired) electrons. The van der Waals surface area contributed by atoms with Crippen LogP contribution in [0.5, 0.6) is 0 Å². The average Bonchev–Trinajstić information content (AvgIpc) is 2.62. The minimum Gasteiger partial charge on any atom is -0.340 e. The van der Waals surface area contributed by atoms with Crippen molar-refractivity contribution in [3.05, 3.63) is 47.8 Å². The molecule has 5 nitrogen and oxygen atoms in total. The monoisotopic (exact) mass is 324 g/mol. The van der Waals surface area contributed by atoms with Gasteiger partial charge in [0, 0.05) is 30.7 Å². The van der Waals surface area contributed by atoms with Gasteiger partial charge in [-0.2, -0.15) is 0 Å². The number of hydrogen-bond donors (Lipinski definition) is 1. The van der Waals surface area contributed by atoms with E-state index >= 15 is 0 Å². The number of aryl methyl sites for hydroxylation is 2. The molecular weight excluding hydrogens is 300 g/mol. The molecule has 0 aliphatic carbocycles. The Balaban J connectivity index is 1.64. The first kappa shape index (κ1) is 16.4. The molecule has 3 rings (SSSR count). The maximum Gasteiger partial charge on any atom is 0.229 e. The third-order valence-electron chi connectivity index (χ3n) is 4.49. The van der Waals surface area contributed by atoms with E-state index in [-0.39, 0.29) is 11.8 Å². The van der Waals surface area contributed by atoms with Crippen molar-refractivity contribution in [1.29, 1.82) is 0 Å². The van der Waals surface area contributed by atoms with Gasteiger partial charge in [0.2, 0.25) is 11.9 Å². The van der Waals surface area contributed by atoms with Crippen LogP contribution in [0.25, 0.3) is 0 Å². The van der Waals surface area contributed by atoms with E-state index in [4.69, 9.17) is 0 Å². The molecule has 1 unspecified atom stereocenters. The van der Waals surface area contributed by atoms with E-state index in [1.165, 1.54) is 5.56 Å². The van der Waals surface area contributed by atoms with Gasteiger partial charge in [0.15, 0.2) is 0 Å². The fourth-order valence-corrected chi connectivity index (χ4v) is 3.03. The highest BCUT2D eigenvalue weighted by Gasteiger charge is 2.27. The van der Waals surface area contributed by atoms with Gasteiger partial charge in [-0.3, -0.25) is 4.79 Å². The number of aromatic nitrogens is 2. The van der Waals surface area contributed by atoms with Crippen molar-refractivity contribution >= 4 is 17.5 Å². The second-order valence-electron chi connectivity index (χ2n) is 6.32. The second kappa shape index (κ2) is 7.43. The Morgan fingerprint density at radius 1 is 1.29 bits per heavy atom. The fourth-order valence-electron chi connectivity index (χ4n) is 3.03. The fraction of sp³-hybridized carbons (Fsp3) is 0.421. The first-order valence-electron chi connectivity index (χ1n) is 8.60. The Morgan fingerprint density at radius 2 is 2.08 bits per heavy atom. The van der Waals surface area contributed by atoms with Gasteiger partial charge >= 0.3 is 0 Å². The van der Waals surface area contributed by atoms with Crippen molar-refractivity contribution in [3.63, 3.8) is 0 Å². The summed E-state index contributed by atoms with van der Waals surface area (Å²) < 4.78 is 0. The van der Waals surface area contributed by atoms with Gasteiger partial charge in [-0.15, -0.1) is 0 Å². The number of carbonyl (C=O) groups is 1. The third kappa shape index (κ3) is 3.91. The summed E-state index contributed by atoms with van der Waals surface area (Å²) in [5.41, 5.74) is 3.08. The number of nitrogens with one attached hydrogen (secondary N) is 1. The number of anilines is 2. The lowest BCUT2D eigenvalue weighted by Gasteiger charge is -2.32. The molecule has 0 saturated carbocycles. The molecular formula is C19H24N4O. The molecule has 1 aliphatic rings. The van der Waals surface area contributed by atoms with Gasteiger partial charge in [0.1, 0.15) is 0 Å². The van der Waals surface area contributed by atoms with Crippen LogP contribution >= 0.6 is 0 Å². The first-order valence-corrected chi connectivity index (χ1v) is 8.60. The van der Waals surface area contributed by atoms with Crippen molar-refractivity contribution in [1.82, 2.24) is 9.97 Å². The molecule has 24 heavy (non-hydrogen) atoms. The van der Waals surface area contributed by atoms with E-state index in [0.29, 0.717) is 6.54 Å². The zero-order valence-electron chi connectivity index (χ0n) is 14.3. The van der Waals surface area contributed by atoms with E-state index in [9.17, 15) is 4.79 Å². The van der Waals surface area contributed by atoms with Crippen LogP contribution in [0, 0.1) is 12.8 Å². The Bertz CT molecular complexity index is 699.